The van der Waals surface area contributed by atoms with Crippen LogP contribution in [0.15, 0.2) is 24.3 Å². The van der Waals surface area contributed by atoms with Gasteiger partial charge < -0.3 is 19.5 Å². The summed E-state index contributed by atoms with van der Waals surface area (Å²) in [7, 11) is -1.43. The van der Waals surface area contributed by atoms with Gasteiger partial charge in [-0.25, -0.2) is 0 Å². The molecule has 0 saturated carbocycles. The first kappa shape index (κ1) is 12.4. The molecule has 17 heavy (non-hydrogen) atoms. The summed E-state index contributed by atoms with van der Waals surface area (Å²) >= 11 is 0. The van der Waals surface area contributed by atoms with Gasteiger partial charge in [0.1, 0.15) is 12.4 Å². The maximum Gasteiger partial charge on any atom is 0.488 e. The predicted octanol–water partition coefficient (Wildman–Crippen LogP) is 0.314. The van der Waals surface area contributed by atoms with Crippen molar-refractivity contribution < 1.29 is 19.5 Å². The first-order valence-electron chi connectivity index (χ1n) is 5.96. The number of hydrogen-bond donors (Lipinski definition) is 2. The van der Waals surface area contributed by atoms with Crippen LogP contribution in [-0.2, 0) is 4.74 Å². The van der Waals surface area contributed by atoms with E-state index >= 15 is 0 Å². The molecule has 1 saturated heterocycles. The average molecular weight is 236 g/mol. The van der Waals surface area contributed by atoms with Crippen LogP contribution in [-0.4, -0.2) is 36.5 Å². The molecular weight excluding hydrogens is 219 g/mol. The highest BCUT2D eigenvalue weighted by molar-refractivity contribution is 6.58. The molecule has 0 aromatic heterocycles. The van der Waals surface area contributed by atoms with Crippen LogP contribution in [0.25, 0.3) is 0 Å². The van der Waals surface area contributed by atoms with Crippen molar-refractivity contribution in [1.29, 1.82) is 0 Å². The second-order valence-corrected chi connectivity index (χ2v) is 4.24. The van der Waals surface area contributed by atoms with E-state index in [1.165, 1.54) is 6.42 Å². The minimum absolute atomic E-state index is 0.187. The fourth-order valence-electron chi connectivity index (χ4n) is 1.86. The van der Waals surface area contributed by atoms with Crippen LogP contribution in [0.1, 0.15) is 19.3 Å². The minimum atomic E-state index is -1.43. The smallest absolute Gasteiger partial charge is 0.488 e. The molecule has 1 aromatic rings. The molecule has 5 heteroatoms. The molecule has 92 valence electrons. The third-order valence-electron chi connectivity index (χ3n) is 2.89. The van der Waals surface area contributed by atoms with Crippen LogP contribution in [0.2, 0.25) is 0 Å². The van der Waals surface area contributed by atoms with E-state index in [0.29, 0.717) is 12.1 Å². The van der Waals surface area contributed by atoms with E-state index in [2.05, 4.69) is 0 Å². The molecule has 1 atom stereocenters. The highest BCUT2D eigenvalue weighted by atomic mass is 16.5. The van der Waals surface area contributed by atoms with Gasteiger partial charge >= 0.3 is 7.12 Å². The zero-order valence-corrected chi connectivity index (χ0v) is 9.71. The Morgan fingerprint density at radius 3 is 2.59 bits per heavy atom. The molecule has 2 N–H and O–H groups in total. The van der Waals surface area contributed by atoms with Gasteiger partial charge in [-0.05, 0) is 36.9 Å². The van der Waals surface area contributed by atoms with Gasteiger partial charge in [-0.15, -0.1) is 0 Å². The van der Waals surface area contributed by atoms with E-state index in [9.17, 15) is 0 Å². The molecule has 1 aromatic carbocycles. The summed E-state index contributed by atoms with van der Waals surface area (Å²) in [5, 5.41) is 17.9. The maximum absolute atomic E-state index is 8.94. The normalized spacial score (nSPS) is 20.0. The van der Waals surface area contributed by atoms with E-state index < -0.39 is 7.12 Å². The van der Waals surface area contributed by atoms with Crippen LogP contribution in [0, 0.1) is 0 Å². The molecule has 1 aliphatic rings. The van der Waals surface area contributed by atoms with Gasteiger partial charge in [-0.2, -0.15) is 0 Å². The Bertz CT molecular complexity index is 333. The highest BCUT2D eigenvalue weighted by Crippen LogP contribution is 2.15. The van der Waals surface area contributed by atoms with Crippen LogP contribution < -0.4 is 10.2 Å². The molecule has 0 spiro atoms. The van der Waals surface area contributed by atoms with Gasteiger partial charge in [-0.1, -0.05) is 12.1 Å². The molecule has 0 unspecified atom stereocenters. The van der Waals surface area contributed by atoms with Crippen molar-refractivity contribution in [3.8, 4) is 5.75 Å². The lowest BCUT2D eigenvalue weighted by molar-refractivity contribution is -0.0110. The first-order chi connectivity index (χ1) is 8.25. The average Bonchev–Trinajstić information content (AvgIpc) is 2.38. The number of rotatable bonds is 4. The Morgan fingerprint density at radius 1 is 1.24 bits per heavy atom. The van der Waals surface area contributed by atoms with Crippen molar-refractivity contribution in [2.45, 2.75) is 25.4 Å². The maximum atomic E-state index is 8.94. The first-order valence-corrected chi connectivity index (χ1v) is 5.96. The third kappa shape index (κ3) is 3.73. The third-order valence-corrected chi connectivity index (χ3v) is 2.89. The summed E-state index contributed by atoms with van der Waals surface area (Å²) in [4.78, 5) is 0. The van der Waals surface area contributed by atoms with Crippen molar-refractivity contribution >= 4 is 12.6 Å². The second-order valence-electron chi connectivity index (χ2n) is 4.24. The van der Waals surface area contributed by atoms with Crippen molar-refractivity contribution in [3.05, 3.63) is 24.3 Å². The van der Waals surface area contributed by atoms with Crippen molar-refractivity contribution in [3.63, 3.8) is 0 Å². The van der Waals surface area contributed by atoms with Gasteiger partial charge in [0.2, 0.25) is 0 Å². The number of benzene rings is 1. The van der Waals surface area contributed by atoms with Crippen molar-refractivity contribution in [1.82, 2.24) is 0 Å². The topological polar surface area (TPSA) is 58.9 Å². The second kappa shape index (κ2) is 6.05. The lowest BCUT2D eigenvalue weighted by atomic mass is 9.80. The van der Waals surface area contributed by atoms with E-state index in [1.54, 1.807) is 24.3 Å². The summed E-state index contributed by atoms with van der Waals surface area (Å²) < 4.78 is 11.1. The van der Waals surface area contributed by atoms with E-state index in [0.717, 1.165) is 25.2 Å². The quantitative estimate of drug-likeness (QED) is 0.739. The van der Waals surface area contributed by atoms with Crippen LogP contribution in [0.3, 0.4) is 0 Å². The summed E-state index contributed by atoms with van der Waals surface area (Å²) in [6.45, 7) is 1.38. The summed E-state index contributed by atoms with van der Waals surface area (Å²) in [5.41, 5.74) is 0.464. The zero-order chi connectivity index (χ0) is 12.1. The molecule has 1 heterocycles. The van der Waals surface area contributed by atoms with Gasteiger partial charge in [0.05, 0.1) is 6.10 Å². The highest BCUT2D eigenvalue weighted by Gasteiger charge is 2.15. The molecule has 2 rings (SSSR count). The van der Waals surface area contributed by atoms with Crippen LogP contribution >= 0.6 is 0 Å². The molecular formula is C12H17BO4. The molecule has 1 aliphatic heterocycles. The van der Waals surface area contributed by atoms with E-state index in [4.69, 9.17) is 19.5 Å². The Labute approximate surface area is 101 Å². The largest absolute Gasteiger partial charge is 0.491 e. The summed E-state index contributed by atoms with van der Waals surface area (Å²) in [6, 6.07) is 6.75. The Balaban J connectivity index is 1.82. The number of hydrogen-bond acceptors (Lipinski definition) is 4. The Kier molecular flexibility index (Phi) is 4.42. The molecule has 0 amide bonds. The van der Waals surface area contributed by atoms with E-state index in [1.807, 2.05) is 0 Å². The summed E-state index contributed by atoms with van der Waals surface area (Å²) in [5.74, 6) is 0.726. The fourth-order valence-corrected chi connectivity index (χ4v) is 1.86. The summed E-state index contributed by atoms with van der Waals surface area (Å²) in [6.07, 6.45) is 3.57. The Hall–Kier alpha value is -1.04. The van der Waals surface area contributed by atoms with Gasteiger partial charge in [0, 0.05) is 6.61 Å². The van der Waals surface area contributed by atoms with Crippen LogP contribution in [0.5, 0.6) is 5.75 Å². The fraction of sp³-hybridized carbons (Fsp3) is 0.500. The molecule has 0 bridgehead atoms. The standard InChI is InChI=1S/C12H17BO4/c14-13(15)10-4-6-11(7-5-10)17-9-12-3-1-2-8-16-12/h4-7,12,14-15H,1-3,8-9H2/t12-/m1/s1. The minimum Gasteiger partial charge on any atom is -0.491 e. The molecule has 0 radical (unpaired) electrons. The molecule has 1 fully saturated rings. The lowest BCUT2D eigenvalue weighted by Crippen LogP contribution is -2.29. The van der Waals surface area contributed by atoms with Gasteiger partial charge in [0.15, 0.2) is 0 Å². The van der Waals surface area contributed by atoms with Crippen molar-refractivity contribution in [2.24, 2.45) is 0 Å². The van der Waals surface area contributed by atoms with Gasteiger partial charge in [0.25, 0.3) is 0 Å². The van der Waals surface area contributed by atoms with Crippen LogP contribution in [0.4, 0.5) is 0 Å². The lowest BCUT2D eigenvalue weighted by Gasteiger charge is -2.22. The number of ether oxygens (including phenoxy) is 2. The predicted molar refractivity (Wildman–Crippen MR) is 65.4 cm³/mol. The zero-order valence-electron chi connectivity index (χ0n) is 9.71. The van der Waals surface area contributed by atoms with Gasteiger partial charge in [-0.3, -0.25) is 0 Å². The van der Waals surface area contributed by atoms with Crippen molar-refractivity contribution in [2.75, 3.05) is 13.2 Å². The van der Waals surface area contributed by atoms with E-state index in [-0.39, 0.29) is 6.10 Å². The Morgan fingerprint density at radius 2 is 2.00 bits per heavy atom. The SMILES string of the molecule is OB(O)c1ccc(OC[C@H]2CCCCO2)cc1. The molecule has 4 nitrogen and oxygen atoms in total. The monoisotopic (exact) mass is 236 g/mol. The molecule has 0 aliphatic carbocycles.